The van der Waals surface area contributed by atoms with Crippen molar-refractivity contribution in [2.75, 3.05) is 0 Å². The standard InChI is InChI=1S/C10H9BrN4S/c1-6-4-7(11)5-14-9(6)15-3-2-13-10(15)8(12)16/h2-5H,1H3,(H2,12,16). The molecule has 0 aromatic carbocycles. The van der Waals surface area contributed by atoms with Gasteiger partial charge in [-0.05, 0) is 34.5 Å². The molecule has 0 aliphatic rings. The fourth-order valence-electron chi connectivity index (χ4n) is 1.44. The van der Waals surface area contributed by atoms with E-state index < -0.39 is 0 Å². The van der Waals surface area contributed by atoms with Gasteiger partial charge < -0.3 is 5.73 Å². The van der Waals surface area contributed by atoms with Crippen molar-refractivity contribution in [3.05, 3.63) is 40.5 Å². The zero-order valence-corrected chi connectivity index (χ0v) is 10.9. The Hall–Kier alpha value is -1.27. The lowest BCUT2D eigenvalue weighted by Gasteiger charge is -2.08. The van der Waals surface area contributed by atoms with Crippen LogP contribution in [0.4, 0.5) is 0 Å². The molecule has 0 amide bonds. The monoisotopic (exact) mass is 296 g/mol. The topological polar surface area (TPSA) is 56.7 Å². The molecule has 2 aromatic heterocycles. The van der Waals surface area contributed by atoms with E-state index in [4.69, 9.17) is 18.0 Å². The molecule has 2 rings (SSSR count). The summed E-state index contributed by atoms with van der Waals surface area (Å²) in [5.74, 6) is 1.33. The summed E-state index contributed by atoms with van der Waals surface area (Å²) < 4.78 is 2.72. The van der Waals surface area contributed by atoms with Crippen molar-refractivity contribution in [1.82, 2.24) is 14.5 Å². The predicted octanol–water partition coefficient (Wildman–Crippen LogP) is 1.97. The van der Waals surface area contributed by atoms with Gasteiger partial charge in [0.2, 0.25) is 0 Å². The van der Waals surface area contributed by atoms with Crippen LogP contribution in [0.15, 0.2) is 29.1 Å². The summed E-state index contributed by atoms with van der Waals surface area (Å²) in [6.07, 6.45) is 5.17. The minimum absolute atomic E-state index is 0.258. The van der Waals surface area contributed by atoms with Gasteiger partial charge in [-0.3, -0.25) is 4.57 Å². The molecular formula is C10H9BrN4S. The number of nitrogens with two attached hydrogens (primary N) is 1. The third kappa shape index (κ3) is 1.98. The van der Waals surface area contributed by atoms with Crippen molar-refractivity contribution < 1.29 is 0 Å². The molecule has 0 radical (unpaired) electrons. The molecule has 0 unspecified atom stereocenters. The predicted molar refractivity (Wildman–Crippen MR) is 69.7 cm³/mol. The van der Waals surface area contributed by atoms with Gasteiger partial charge in [0.1, 0.15) is 10.8 Å². The molecule has 0 aliphatic carbocycles. The minimum atomic E-state index is 0.258. The van der Waals surface area contributed by atoms with E-state index in [1.54, 1.807) is 23.2 Å². The van der Waals surface area contributed by atoms with Gasteiger partial charge in [-0.25, -0.2) is 9.97 Å². The van der Waals surface area contributed by atoms with Gasteiger partial charge in [-0.15, -0.1) is 0 Å². The number of aryl methyl sites for hydroxylation is 1. The Morgan fingerprint density at radius 3 is 2.88 bits per heavy atom. The lowest BCUT2D eigenvalue weighted by molar-refractivity contribution is 0.959. The van der Waals surface area contributed by atoms with Gasteiger partial charge in [0.05, 0.1) is 0 Å². The summed E-state index contributed by atoms with van der Waals surface area (Å²) in [5.41, 5.74) is 6.61. The van der Waals surface area contributed by atoms with Gasteiger partial charge >= 0.3 is 0 Å². The van der Waals surface area contributed by atoms with Crippen molar-refractivity contribution in [2.45, 2.75) is 6.92 Å². The number of pyridine rings is 1. The Labute approximate surface area is 107 Å². The van der Waals surface area contributed by atoms with Crippen LogP contribution in [0.3, 0.4) is 0 Å². The zero-order valence-electron chi connectivity index (χ0n) is 8.51. The second kappa shape index (κ2) is 4.31. The molecule has 16 heavy (non-hydrogen) atoms. The van der Waals surface area contributed by atoms with Crippen LogP contribution in [0.2, 0.25) is 0 Å². The molecule has 2 N–H and O–H groups in total. The smallest absolute Gasteiger partial charge is 0.173 e. The SMILES string of the molecule is Cc1cc(Br)cnc1-n1ccnc1C(N)=S. The third-order valence-electron chi connectivity index (χ3n) is 2.11. The van der Waals surface area contributed by atoms with Gasteiger partial charge in [0.25, 0.3) is 0 Å². The van der Waals surface area contributed by atoms with Crippen LogP contribution in [0.25, 0.3) is 5.82 Å². The molecule has 0 aliphatic heterocycles. The molecular weight excluding hydrogens is 288 g/mol. The van der Waals surface area contributed by atoms with Gasteiger partial charge in [-0.2, -0.15) is 0 Å². The first-order chi connectivity index (χ1) is 7.59. The number of halogens is 1. The number of thiocarbonyl (C=S) groups is 1. The van der Waals surface area contributed by atoms with Gasteiger partial charge in [0, 0.05) is 23.1 Å². The second-order valence-electron chi connectivity index (χ2n) is 3.28. The van der Waals surface area contributed by atoms with Crippen LogP contribution in [-0.4, -0.2) is 19.5 Å². The first-order valence-corrected chi connectivity index (χ1v) is 5.75. The number of rotatable bonds is 2. The van der Waals surface area contributed by atoms with E-state index in [2.05, 4.69) is 25.9 Å². The molecule has 82 valence electrons. The van der Waals surface area contributed by atoms with E-state index in [1.807, 2.05) is 13.0 Å². The van der Waals surface area contributed by atoms with E-state index in [1.165, 1.54) is 0 Å². The van der Waals surface area contributed by atoms with Crippen molar-refractivity contribution in [1.29, 1.82) is 0 Å². The number of aromatic nitrogens is 3. The van der Waals surface area contributed by atoms with E-state index in [0.717, 1.165) is 15.9 Å². The summed E-state index contributed by atoms with van der Waals surface area (Å²) in [4.78, 5) is 8.68. The molecule has 0 fully saturated rings. The number of imidazole rings is 1. The average molecular weight is 297 g/mol. The first kappa shape index (κ1) is 11.2. The van der Waals surface area contributed by atoms with Crippen LogP contribution < -0.4 is 5.73 Å². The van der Waals surface area contributed by atoms with Crippen molar-refractivity contribution in [3.8, 4) is 5.82 Å². The van der Waals surface area contributed by atoms with Gasteiger partial charge in [0.15, 0.2) is 5.82 Å². The molecule has 0 saturated heterocycles. The first-order valence-electron chi connectivity index (χ1n) is 4.55. The quantitative estimate of drug-likeness (QED) is 0.861. The number of nitrogens with zero attached hydrogens (tertiary/aromatic N) is 3. The molecule has 0 spiro atoms. The van der Waals surface area contributed by atoms with Crippen LogP contribution in [-0.2, 0) is 0 Å². The maximum atomic E-state index is 5.59. The average Bonchev–Trinajstić information content (AvgIpc) is 2.66. The summed E-state index contributed by atoms with van der Waals surface area (Å²) in [7, 11) is 0. The van der Waals surface area contributed by atoms with Crippen LogP contribution in [0.5, 0.6) is 0 Å². The number of hydrogen-bond acceptors (Lipinski definition) is 3. The molecule has 4 nitrogen and oxygen atoms in total. The summed E-state index contributed by atoms with van der Waals surface area (Å²) in [6, 6.07) is 1.98. The van der Waals surface area contributed by atoms with Crippen molar-refractivity contribution >= 4 is 33.1 Å². The fourth-order valence-corrected chi connectivity index (χ4v) is 2.04. The zero-order chi connectivity index (χ0) is 11.7. The highest BCUT2D eigenvalue weighted by molar-refractivity contribution is 9.10. The Morgan fingerprint density at radius 1 is 1.50 bits per heavy atom. The minimum Gasteiger partial charge on any atom is -0.387 e. The van der Waals surface area contributed by atoms with E-state index in [-0.39, 0.29) is 4.99 Å². The van der Waals surface area contributed by atoms with E-state index in [9.17, 15) is 0 Å². The summed E-state index contributed by atoms with van der Waals surface area (Å²) >= 11 is 8.30. The maximum absolute atomic E-state index is 5.59. The van der Waals surface area contributed by atoms with Crippen LogP contribution in [0.1, 0.15) is 11.4 Å². The lowest BCUT2D eigenvalue weighted by atomic mass is 10.3. The highest BCUT2D eigenvalue weighted by Gasteiger charge is 2.10. The van der Waals surface area contributed by atoms with E-state index in [0.29, 0.717) is 5.82 Å². The summed E-state index contributed by atoms with van der Waals surface area (Å²) in [5, 5.41) is 0. The molecule has 0 saturated carbocycles. The highest BCUT2D eigenvalue weighted by Crippen LogP contribution is 2.17. The maximum Gasteiger partial charge on any atom is 0.173 e. The third-order valence-corrected chi connectivity index (χ3v) is 2.72. The Bertz CT molecular complexity index is 550. The van der Waals surface area contributed by atoms with Gasteiger partial charge in [-0.1, -0.05) is 12.2 Å². The van der Waals surface area contributed by atoms with E-state index >= 15 is 0 Å². The molecule has 0 atom stereocenters. The molecule has 2 heterocycles. The normalized spacial score (nSPS) is 10.4. The van der Waals surface area contributed by atoms with Crippen molar-refractivity contribution in [2.24, 2.45) is 5.73 Å². The Morgan fingerprint density at radius 2 is 2.25 bits per heavy atom. The lowest BCUT2D eigenvalue weighted by Crippen LogP contribution is -2.17. The molecule has 2 aromatic rings. The summed E-state index contributed by atoms with van der Waals surface area (Å²) in [6.45, 7) is 1.97. The largest absolute Gasteiger partial charge is 0.387 e. The Kier molecular flexibility index (Phi) is 3.02. The van der Waals surface area contributed by atoms with Crippen molar-refractivity contribution in [3.63, 3.8) is 0 Å². The molecule has 0 bridgehead atoms. The highest BCUT2D eigenvalue weighted by atomic mass is 79.9. The Balaban J connectivity index is 2.59. The second-order valence-corrected chi connectivity index (χ2v) is 4.63. The van der Waals surface area contributed by atoms with Crippen LogP contribution in [0, 0.1) is 6.92 Å². The fraction of sp³-hybridized carbons (Fsp3) is 0.100. The molecule has 6 heteroatoms. The van der Waals surface area contributed by atoms with Crippen LogP contribution >= 0.6 is 28.1 Å². The number of hydrogen-bond donors (Lipinski definition) is 1.